The largest absolute Gasteiger partial charge is 0.345 e. The smallest absolute Gasteiger partial charge is 0.252 e. The molecule has 0 aliphatic heterocycles. The molecule has 2 nitrogen and oxygen atoms in total. The first-order valence-electron chi connectivity index (χ1n) is 8.56. The number of hydrogen-bond acceptors (Lipinski definition) is 2. The molecule has 0 radical (unpaired) electrons. The molecule has 0 aliphatic carbocycles. The topological polar surface area (TPSA) is 29.1 Å². The maximum atomic E-state index is 12.8. The number of thioether (sulfide) groups is 1. The summed E-state index contributed by atoms with van der Waals surface area (Å²) in [5.74, 6) is 0.00354. The molecule has 128 valence electrons. The quantitative estimate of drug-likeness (QED) is 0.684. The average molecular weight is 342 g/mol. The highest BCUT2D eigenvalue weighted by Crippen LogP contribution is 2.27. The standard InChI is InChI=1S/C21H27NOS/c1-6-19(17-12-11-15(4)16(5)13-17)22-21(23)18-9-7-8-10-20(18)24-14(2)3/h7-14,19H,6H2,1-5H3,(H,22,23)/t19-/m1/s1. The van der Waals surface area contributed by atoms with Gasteiger partial charge < -0.3 is 5.32 Å². The number of rotatable bonds is 6. The molecule has 2 aromatic carbocycles. The molecule has 0 spiro atoms. The first-order valence-corrected chi connectivity index (χ1v) is 9.44. The monoisotopic (exact) mass is 341 g/mol. The highest BCUT2D eigenvalue weighted by Gasteiger charge is 2.17. The van der Waals surface area contributed by atoms with Crippen molar-refractivity contribution in [2.75, 3.05) is 0 Å². The van der Waals surface area contributed by atoms with Crippen molar-refractivity contribution in [1.29, 1.82) is 0 Å². The zero-order valence-corrected chi connectivity index (χ0v) is 16.0. The molecule has 1 atom stereocenters. The molecule has 1 N–H and O–H groups in total. The summed E-state index contributed by atoms with van der Waals surface area (Å²) in [5.41, 5.74) is 4.47. The molecule has 0 aromatic heterocycles. The van der Waals surface area contributed by atoms with Crippen LogP contribution in [0.3, 0.4) is 0 Å². The molecule has 2 rings (SSSR count). The molecule has 0 saturated carbocycles. The van der Waals surface area contributed by atoms with E-state index in [1.165, 1.54) is 16.7 Å². The lowest BCUT2D eigenvalue weighted by atomic mass is 9.99. The van der Waals surface area contributed by atoms with Crippen molar-refractivity contribution >= 4 is 17.7 Å². The lowest BCUT2D eigenvalue weighted by molar-refractivity contribution is 0.0932. The van der Waals surface area contributed by atoms with Crippen molar-refractivity contribution in [2.24, 2.45) is 0 Å². The summed E-state index contributed by atoms with van der Waals surface area (Å²) in [5, 5.41) is 3.65. The summed E-state index contributed by atoms with van der Waals surface area (Å²) in [4.78, 5) is 13.9. The minimum absolute atomic E-state index is 0.00354. The van der Waals surface area contributed by atoms with Crippen molar-refractivity contribution < 1.29 is 4.79 Å². The third-order valence-electron chi connectivity index (χ3n) is 4.14. The summed E-state index contributed by atoms with van der Waals surface area (Å²) in [6, 6.07) is 14.3. The molecule has 24 heavy (non-hydrogen) atoms. The maximum Gasteiger partial charge on any atom is 0.252 e. The van der Waals surface area contributed by atoms with Gasteiger partial charge in [-0.3, -0.25) is 4.79 Å². The third-order valence-corrected chi connectivity index (χ3v) is 5.22. The van der Waals surface area contributed by atoms with Gasteiger partial charge in [-0.1, -0.05) is 51.1 Å². The number of amides is 1. The van der Waals surface area contributed by atoms with E-state index < -0.39 is 0 Å². The van der Waals surface area contributed by atoms with Crippen molar-refractivity contribution in [2.45, 2.75) is 57.2 Å². The van der Waals surface area contributed by atoms with Crippen LogP contribution in [0.4, 0.5) is 0 Å². The summed E-state index contributed by atoms with van der Waals surface area (Å²) in [7, 11) is 0. The molecule has 2 aromatic rings. The van der Waals surface area contributed by atoms with Crippen LogP contribution in [0.25, 0.3) is 0 Å². The van der Waals surface area contributed by atoms with Crippen molar-refractivity contribution in [3.8, 4) is 0 Å². The van der Waals surface area contributed by atoms with Gasteiger partial charge in [0.1, 0.15) is 0 Å². The summed E-state index contributed by atoms with van der Waals surface area (Å²) >= 11 is 1.73. The molecule has 0 bridgehead atoms. The molecule has 1 amide bonds. The molecule has 0 heterocycles. The van der Waals surface area contributed by atoms with Gasteiger partial charge in [0.25, 0.3) is 5.91 Å². The SMILES string of the molecule is CC[C@@H](NC(=O)c1ccccc1SC(C)C)c1ccc(C)c(C)c1. The first-order chi connectivity index (χ1) is 11.4. The van der Waals surface area contributed by atoms with Gasteiger partial charge in [-0.15, -0.1) is 11.8 Å². The lowest BCUT2D eigenvalue weighted by Crippen LogP contribution is -2.28. The fourth-order valence-electron chi connectivity index (χ4n) is 2.65. The Hall–Kier alpha value is -1.74. The van der Waals surface area contributed by atoms with Gasteiger partial charge in [-0.25, -0.2) is 0 Å². The van der Waals surface area contributed by atoms with E-state index in [2.05, 4.69) is 58.1 Å². The third kappa shape index (κ3) is 4.64. The zero-order chi connectivity index (χ0) is 17.7. The molecule has 0 fully saturated rings. The van der Waals surface area contributed by atoms with Gasteiger partial charge in [0, 0.05) is 10.1 Å². The molecule has 3 heteroatoms. The summed E-state index contributed by atoms with van der Waals surface area (Å²) in [6.07, 6.45) is 0.869. The molecular weight excluding hydrogens is 314 g/mol. The fourth-order valence-corrected chi connectivity index (χ4v) is 3.60. The Morgan fingerprint density at radius 1 is 1.08 bits per heavy atom. The van der Waals surface area contributed by atoms with Crippen LogP contribution in [0.15, 0.2) is 47.4 Å². The van der Waals surface area contributed by atoms with Gasteiger partial charge in [-0.2, -0.15) is 0 Å². The normalized spacial score (nSPS) is 12.2. The second kappa shape index (κ2) is 8.39. The Morgan fingerprint density at radius 3 is 2.42 bits per heavy atom. The van der Waals surface area contributed by atoms with Crippen LogP contribution in [0.2, 0.25) is 0 Å². The van der Waals surface area contributed by atoms with Crippen LogP contribution in [0, 0.1) is 13.8 Å². The molecular formula is C21H27NOS. The molecule has 0 unspecified atom stereocenters. The number of aryl methyl sites for hydroxylation is 2. The Bertz CT molecular complexity index is 709. The number of carbonyl (C=O) groups excluding carboxylic acids is 1. The Morgan fingerprint density at radius 2 is 1.79 bits per heavy atom. The summed E-state index contributed by atoms with van der Waals surface area (Å²) < 4.78 is 0. The summed E-state index contributed by atoms with van der Waals surface area (Å²) in [6.45, 7) is 10.6. The maximum absolute atomic E-state index is 12.8. The van der Waals surface area contributed by atoms with Gasteiger partial charge in [-0.05, 0) is 49.1 Å². The van der Waals surface area contributed by atoms with Crippen LogP contribution in [-0.2, 0) is 0 Å². The minimum Gasteiger partial charge on any atom is -0.345 e. The van der Waals surface area contributed by atoms with E-state index in [0.717, 1.165) is 16.9 Å². The predicted octanol–water partition coefficient (Wildman–Crippen LogP) is 5.69. The number of hydrogen-bond donors (Lipinski definition) is 1. The van der Waals surface area contributed by atoms with Gasteiger partial charge in [0.05, 0.1) is 11.6 Å². The fraction of sp³-hybridized carbons (Fsp3) is 0.381. The number of nitrogens with one attached hydrogen (secondary N) is 1. The van der Waals surface area contributed by atoms with Crippen LogP contribution >= 0.6 is 11.8 Å². The second-order valence-corrected chi connectivity index (χ2v) is 8.06. The van der Waals surface area contributed by atoms with Crippen LogP contribution in [0.1, 0.15) is 60.3 Å². The predicted molar refractivity (Wildman–Crippen MR) is 104 cm³/mol. The lowest BCUT2D eigenvalue weighted by Gasteiger charge is -2.20. The molecule has 0 aliphatic rings. The van der Waals surface area contributed by atoms with Gasteiger partial charge in [0.2, 0.25) is 0 Å². The van der Waals surface area contributed by atoms with Crippen molar-refractivity contribution in [3.05, 3.63) is 64.7 Å². The van der Waals surface area contributed by atoms with E-state index in [4.69, 9.17) is 0 Å². The Labute approximate surface area is 150 Å². The van der Waals surface area contributed by atoms with Crippen LogP contribution in [0.5, 0.6) is 0 Å². The number of carbonyl (C=O) groups is 1. The minimum atomic E-state index is 0.00354. The highest BCUT2D eigenvalue weighted by atomic mass is 32.2. The molecule has 0 saturated heterocycles. The van der Waals surface area contributed by atoms with Crippen LogP contribution < -0.4 is 5.32 Å². The van der Waals surface area contributed by atoms with E-state index in [0.29, 0.717) is 5.25 Å². The highest BCUT2D eigenvalue weighted by molar-refractivity contribution is 8.00. The van der Waals surface area contributed by atoms with E-state index in [1.54, 1.807) is 11.8 Å². The Kier molecular flexibility index (Phi) is 6.50. The van der Waals surface area contributed by atoms with Crippen LogP contribution in [-0.4, -0.2) is 11.2 Å². The van der Waals surface area contributed by atoms with Gasteiger partial charge in [0.15, 0.2) is 0 Å². The van der Waals surface area contributed by atoms with E-state index in [-0.39, 0.29) is 11.9 Å². The van der Waals surface area contributed by atoms with E-state index in [1.807, 2.05) is 24.3 Å². The van der Waals surface area contributed by atoms with Crippen molar-refractivity contribution in [3.63, 3.8) is 0 Å². The second-order valence-electron chi connectivity index (χ2n) is 6.44. The Balaban J connectivity index is 2.22. The van der Waals surface area contributed by atoms with E-state index >= 15 is 0 Å². The zero-order valence-electron chi connectivity index (χ0n) is 15.2. The van der Waals surface area contributed by atoms with Gasteiger partial charge >= 0.3 is 0 Å². The number of benzene rings is 2. The average Bonchev–Trinajstić information content (AvgIpc) is 2.55. The van der Waals surface area contributed by atoms with Crippen molar-refractivity contribution in [1.82, 2.24) is 5.32 Å². The van der Waals surface area contributed by atoms with E-state index in [9.17, 15) is 4.79 Å². The first kappa shape index (κ1) is 18.6.